The van der Waals surface area contributed by atoms with E-state index in [4.69, 9.17) is 15.5 Å². The highest BCUT2D eigenvalue weighted by Crippen LogP contribution is 2.34. The van der Waals surface area contributed by atoms with Crippen LogP contribution in [0, 0.1) is 5.92 Å². The monoisotopic (exact) mass is 373 g/mol. The minimum atomic E-state index is -0.180. The number of carbonyl (C=O) groups is 1. The molecule has 2 heterocycles. The standard InChI is InChI=1S/C20H27N3O2S/c1-4-25-18-6-5-15(11-16(18)13(2)3)17-12-26-20(22-17)23-9-7-14(8-10-23)19(21)24/h5-6,11-14H,4,7-10H2,1-3H3,(H2,21,24). The summed E-state index contributed by atoms with van der Waals surface area (Å²) in [5.74, 6) is 1.17. The maximum absolute atomic E-state index is 11.3. The Kier molecular flexibility index (Phi) is 5.81. The topological polar surface area (TPSA) is 68.5 Å². The summed E-state index contributed by atoms with van der Waals surface area (Å²) in [5, 5.41) is 3.12. The van der Waals surface area contributed by atoms with Crippen LogP contribution in [-0.2, 0) is 4.79 Å². The van der Waals surface area contributed by atoms with E-state index in [1.54, 1.807) is 11.3 Å². The second-order valence-electron chi connectivity index (χ2n) is 7.02. The molecule has 1 fully saturated rings. The van der Waals surface area contributed by atoms with Gasteiger partial charge in [0, 0.05) is 30.0 Å². The summed E-state index contributed by atoms with van der Waals surface area (Å²) < 4.78 is 5.76. The van der Waals surface area contributed by atoms with Crippen molar-refractivity contribution in [2.75, 3.05) is 24.6 Å². The molecule has 6 heteroatoms. The van der Waals surface area contributed by atoms with Crippen LogP contribution in [0.3, 0.4) is 0 Å². The predicted molar refractivity (Wildman–Crippen MR) is 107 cm³/mol. The van der Waals surface area contributed by atoms with E-state index < -0.39 is 0 Å². The predicted octanol–water partition coefficient (Wildman–Crippen LogP) is 4.03. The van der Waals surface area contributed by atoms with Gasteiger partial charge in [0.1, 0.15) is 5.75 Å². The molecule has 0 atom stereocenters. The summed E-state index contributed by atoms with van der Waals surface area (Å²) in [6, 6.07) is 6.31. The molecule has 1 aromatic heterocycles. The summed E-state index contributed by atoms with van der Waals surface area (Å²) in [6.45, 7) is 8.70. The van der Waals surface area contributed by atoms with E-state index in [0.29, 0.717) is 12.5 Å². The fourth-order valence-corrected chi connectivity index (χ4v) is 4.23. The van der Waals surface area contributed by atoms with Crippen molar-refractivity contribution < 1.29 is 9.53 Å². The van der Waals surface area contributed by atoms with E-state index in [1.807, 2.05) is 13.0 Å². The highest BCUT2D eigenvalue weighted by Gasteiger charge is 2.24. The zero-order valence-corrected chi connectivity index (χ0v) is 16.5. The van der Waals surface area contributed by atoms with E-state index in [2.05, 4.69) is 36.3 Å². The number of ether oxygens (including phenoxy) is 1. The molecule has 0 spiro atoms. The van der Waals surface area contributed by atoms with E-state index in [9.17, 15) is 4.79 Å². The number of thiazole rings is 1. The Morgan fingerprint density at radius 3 is 2.73 bits per heavy atom. The average molecular weight is 374 g/mol. The summed E-state index contributed by atoms with van der Waals surface area (Å²) in [6.07, 6.45) is 1.62. The van der Waals surface area contributed by atoms with Gasteiger partial charge in [-0.15, -0.1) is 11.3 Å². The van der Waals surface area contributed by atoms with Gasteiger partial charge < -0.3 is 15.4 Å². The Labute approximate surface area is 159 Å². The van der Waals surface area contributed by atoms with Crippen molar-refractivity contribution in [3.8, 4) is 17.0 Å². The molecule has 1 amide bonds. The molecule has 2 N–H and O–H groups in total. The lowest BCUT2D eigenvalue weighted by molar-refractivity contribution is -0.122. The molecule has 0 bridgehead atoms. The smallest absolute Gasteiger partial charge is 0.220 e. The third-order valence-corrected chi connectivity index (χ3v) is 5.79. The number of aromatic nitrogens is 1. The first kappa shape index (κ1) is 18.7. The van der Waals surface area contributed by atoms with E-state index in [-0.39, 0.29) is 11.8 Å². The van der Waals surface area contributed by atoms with Crippen molar-refractivity contribution in [2.24, 2.45) is 11.7 Å². The Morgan fingerprint density at radius 2 is 2.12 bits per heavy atom. The average Bonchev–Trinajstić information content (AvgIpc) is 3.12. The van der Waals surface area contributed by atoms with Crippen molar-refractivity contribution in [2.45, 2.75) is 39.5 Å². The van der Waals surface area contributed by atoms with Gasteiger partial charge >= 0.3 is 0 Å². The third kappa shape index (κ3) is 4.01. The van der Waals surface area contributed by atoms with Gasteiger partial charge in [-0.05, 0) is 49.4 Å². The number of hydrogen-bond donors (Lipinski definition) is 1. The highest BCUT2D eigenvalue weighted by atomic mass is 32.1. The number of nitrogens with zero attached hydrogens (tertiary/aromatic N) is 2. The van der Waals surface area contributed by atoms with Gasteiger partial charge in [-0.3, -0.25) is 4.79 Å². The molecular formula is C20H27N3O2S. The van der Waals surface area contributed by atoms with Crippen LogP contribution in [0.25, 0.3) is 11.3 Å². The number of hydrogen-bond acceptors (Lipinski definition) is 5. The quantitative estimate of drug-likeness (QED) is 0.830. The molecule has 2 aromatic rings. The molecule has 0 unspecified atom stereocenters. The van der Waals surface area contributed by atoms with Crippen LogP contribution in [0.4, 0.5) is 5.13 Å². The Morgan fingerprint density at radius 1 is 1.38 bits per heavy atom. The molecule has 1 aromatic carbocycles. The molecule has 1 aliphatic heterocycles. The van der Waals surface area contributed by atoms with Crippen molar-refractivity contribution in [1.29, 1.82) is 0 Å². The zero-order valence-electron chi connectivity index (χ0n) is 15.7. The maximum atomic E-state index is 11.3. The highest BCUT2D eigenvalue weighted by molar-refractivity contribution is 7.14. The molecule has 0 saturated carbocycles. The first-order chi connectivity index (χ1) is 12.5. The minimum Gasteiger partial charge on any atom is -0.494 e. The van der Waals surface area contributed by atoms with Gasteiger partial charge in [-0.1, -0.05) is 13.8 Å². The van der Waals surface area contributed by atoms with Crippen molar-refractivity contribution >= 4 is 22.4 Å². The SMILES string of the molecule is CCOc1ccc(-c2csc(N3CCC(C(N)=O)CC3)n2)cc1C(C)C. The first-order valence-electron chi connectivity index (χ1n) is 9.26. The van der Waals surface area contributed by atoms with Crippen LogP contribution in [0.1, 0.15) is 45.1 Å². The molecule has 1 saturated heterocycles. The van der Waals surface area contributed by atoms with Crippen molar-refractivity contribution in [3.05, 3.63) is 29.1 Å². The van der Waals surface area contributed by atoms with Crippen LogP contribution in [-0.4, -0.2) is 30.6 Å². The van der Waals surface area contributed by atoms with Gasteiger partial charge in [0.2, 0.25) is 5.91 Å². The largest absolute Gasteiger partial charge is 0.494 e. The van der Waals surface area contributed by atoms with E-state index in [0.717, 1.165) is 48.1 Å². The van der Waals surface area contributed by atoms with Gasteiger partial charge in [0.25, 0.3) is 0 Å². The molecule has 140 valence electrons. The Bertz CT molecular complexity index is 764. The van der Waals surface area contributed by atoms with Crippen LogP contribution < -0.4 is 15.4 Å². The zero-order chi connectivity index (χ0) is 18.7. The molecule has 3 rings (SSSR count). The summed E-state index contributed by atoms with van der Waals surface area (Å²) in [4.78, 5) is 18.4. The molecular weight excluding hydrogens is 346 g/mol. The minimum absolute atomic E-state index is 0.00499. The molecule has 0 radical (unpaired) electrons. The van der Waals surface area contributed by atoms with Gasteiger partial charge in [0.15, 0.2) is 5.13 Å². The maximum Gasteiger partial charge on any atom is 0.220 e. The lowest BCUT2D eigenvalue weighted by Gasteiger charge is -2.30. The van der Waals surface area contributed by atoms with Crippen LogP contribution in [0.2, 0.25) is 0 Å². The van der Waals surface area contributed by atoms with Crippen LogP contribution >= 0.6 is 11.3 Å². The van der Waals surface area contributed by atoms with Gasteiger partial charge in [-0.2, -0.15) is 0 Å². The molecule has 0 aliphatic carbocycles. The number of anilines is 1. The number of nitrogens with two attached hydrogens (primary N) is 1. The number of carbonyl (C=O) groups excluding carboxylic acids is 1. The second-order valence-corrected chi connectivity index (χ2v) is 7.86. The van der Waals surface area contributed by atoms with Crippen molar-refractivity contribution in [1.82, 2.24) is 4.98 Å². The number of amides is 1. The Balaban J connectivity index is 1.78. The van der Waals surface area contributed by atoms with Gasteiger partial charge in [-0.25, -0.2) is 4.98 Å². The first-order valence-corrected chi connectivity index (χ1v) is 10.1. The molecule has 1 aliphatic rings. The number of piperidine rings is 1. The summed E-state index contributed by atoms with van der Waals surface area (Å²) in [7, 11) is 0. The summed E-state index contributed by atoms with van der Waals surface area (Å²) >= 11 is 1.66. The molecule has 5 nitrogen and oxygen atoms in total. The fraction of sp³-hybridized carbons (Fsp3) is 0.500. The van der Waals surface area contributed by atoms with Crippen LogP contribution in [0.5, 0.6) is 5.75 Å². The lowest BCUT2D eigenvalue weighted by atomic mass is 9.97. The van der Waals surface area contributed by atoms with Gasteiger partial charge in [0.05, 0.1) is 12.3 Å². The van der Waals surface area contributed by atoms with Crippen molar-refractivity contribution in [3.63, 3.8) is 0 Å². The number of primary amides is 1. The Hall–Kier alpha value is -2.08. The van der Waals surface area contributed by atoms with E-state index >= 15 is 0 Å². The summed E-state index contributed by atoms with van der Waals surface area (Å²) in [5.41, 5.74) is 8.74. The normalized spacial score (nSPS) is 15.5. The van der Waals surface area contributed by atoms with Crippen LogP contribution in [0.15, 0.2) is 23.6 Å². The number of benzene rings is 1. The lowest BCUT2D eigenvalue weighted by Crippen LogP contribution is -2.38. The second kappa shape index (κ2) is 8.08. The fourth-order valence-electron chi connectivity index (χ4n) is 3.34. The molecule has 26 heavy (non-hydrogen) atoms. The number of rotatable bonds is 6. The van der Waals surface area contributed by atoms with E-state index in [1.165, 1.54) is 5.56 Å². The third-order valence-electron chi connectivity index (χ3n) is 4.89.